The largest absolute Gasteiger partial charge is 0.461 e. The van der Waals surface area contributed by atoms with E-state index in [2.05, 4.69) is 10.2 Å². The highest BCUT2D eigenvalue weighted by atomic mass is 32.1. The Hall–Kier alpha value is -1.43. The summed E-state index contributed by atoms with van der Waals surface area (Å²) in [7, 11) is 1.77. The molecule has 1 heterocycles. The maximum absolute atomic E-state index is 11.5. The van der Waals surface area contributed by atoms with Gasteiger partial charge in [-0.25, -0.2) is 4.79 Å². The van der Waals surface area contributed by atoms with Gasteiger partial charge < -0.3 is 9.30 Å². The molecule has 16 heavy (non-hydrogen) atoms. The van der Waals surface area contributed by atoms with Crippen LogP contribution in [0.5, 0.6) is 0 Å². The first-order valence-electron chi connectivity index (χ1n) is 4.92. The van der Waals surface area contributed by atoms with Gasteiger partial charge in [-0.3, -0.25) is 0 Å². The molecule has 0 amide bonds. The zero-order chi connectivity index (χ0) is 12.1. The Balaban J connectivity index is 3.06. The van der Waals surface area contributed by atoms with Crippen LogP contribution in [0.25, 0.3) is 0 Å². The van der Waals surface area contributed by atoms with Gasteiger partial charge in [-0.05, 0) is 20.8 Å². The van der Waals surface area contributed by atoms with Crippen molar-refractivity contribution in [1.29, 1.82) is 0 Å². The first kappa shape index (κ1) is 12.6. The predicted octanol–water partition coefficient (Wildman–Crippen LogP) is 1.56. The second kappa shape index (κ2) is 5.60. The zero-order valence-corrected chi connectivity index (χ0v) is 10.7. The molecule has 0 unspecified atom stereocenters. The highest BCUT2D eigenvalue weighted by molar-refractivity contribution is 7.07. The van der Waals surface area contributed by atoms with Crippen molar-refractivity contribution in [3.63, 3.8) is 0 Å². The van der Waals surface area contributed by atoms with Crippen LogP contribution in [0.2, 0.25) is 0 Å². The van der Waals surface area contributed by atoms with Crippen LogP contribution in [0, 0.1) is 0 Å². The lowest BCUT2D eigenvalue weighted by atomic mass is 10.5. The van der Waals surface area contributed by atoms with Gasteiger partial charge in [0.05, 0.1) is 6.61 Å². The summed E-state index contributed by atoms with van der Waals surface area (Å²) in [4.78, 5) is 12.2. The van der Waals surface area contributed by atoms with Crippen LogP contribution >= 0.6 is 11.3 Å². The lowest BCUT2D eigenvalue weighted by molar-refractivity contribution is 0.0515. The molecular weight excluding hydrogens is 226 g/mol. The summed E-state index contributed by atoms with van der Waals surface area (Å²) < 4.78 is 6.59. The summed E-state index contributed by atoms with van der Waals surface area (Å²) in [5.41, 5.74) is 1.36. The number of hydrogen-bond acceptors (Lipinski definition) is 5. The van der Waals surface area contributed by atoms with Gasteiger partial charge in [-0.1, -0.05) is 0 Å². The molecule has 1 rings (SSSR count). The quantitative estimate of drug-likeness (QED) is 0.458. The van der Waals surface area contributed by atoms with E-state index in [9.17, 15) is 4.79 Å². The summed E-state index contributed by atoms with van der Waals surface area (Å²) in [6.45, 7) is 5.88. The Bertz CT molecular complexity index is 467. The molecule has 0 saturated heterocycles. The molecule has 0 aliphatic heterocycles. The molecule has 0 spiro atoms. The van der Waals surface area contributed by atoms with Crippen molar-refractivity contribution < 1.29 is 9.53 Å². The van der Waals surface area contributed by atoms with E-state index in [1.54, 1.807) is 23.9 Å². The molecule has 0 fully saturated rings. The topological polar surface area (TPSA) is 55.9 Å². The molecule has 0 bridgehead atoms. The molecule has 0 N–H and O–H groups in total. The van der Waals surface area contributed by atoms with Gasteiger partial charge in [-0.2, -0.15) is 5.10 Å². The van der Waals surface area contributed by atoms with Crippen LogP contribution in [0.1, 0.15) is 31.3 Å². The second-order valence-corrected chi connectivity index (χ2v) is 4.17. The van der Waals surface area contributed by atoms with Crippen LogP contribution in [-0.4, -0.2) is 22.9 Å². The second-order valence-electron chi connectivity index (χ2n) is 3.33. The van der Waals surface area contributed by atoms with Crippen LogP contribution in [0.4, 0.5) is 0 Å². The van der Waals surface area contributed by atoms with Crippen LogP contribution in [-0.2, 0) is 11.8 Å². The molecule has 0 aliphatic rings. The van der Waals surface area contributed by atoms with Crippen molar-refractivity contribution in [2.75, 3.05) is 6.61 Å². The number of thiazole rings is 1. The summed E-state index contributed by atoms with van der Waals surface area (Å²) in [6.07, 6.45) is 0. The number of ether oxygens (including phenoxy) is 1. The number of hydrogen-bond donors (Lipinski definition) is 0. The zero-order valence-electron chi connectivity index (χ0n) is 9.85. The minimum Gasteiger partial charge on any atom is -0.461 e. The normalized spacial score (nSPS) is 11.4. The van der Waals surface area contributed by atoms with Crippen LogP contribution in [0.3, 0.4) is 0 Å². The standard InChI is InChI=1S/C10H15N3O2S/c1-5-15-9(14)8-6-16-10(13(8)4)12-11-7(2)3/h6H,5H2,1-4H3/b12-10+. The van der Waals surface area contributed by atoms with Gasteiger partial charge in [0.15, 0.2) is 0 Å². The average Bonchev–Trinajstić information content (AvgIpc) is 2.57. The summed E-state index contributed by atoms with van der Waals surface area (Å²) in [6, 6.07) is 0. The number of esters is 1. The molecule has 1 aromatic rings. The molecular formula is C10H15N3O2S. The van der Waals surface area contributed by atoms with E-state index in [1.165, 1.54) is 11.3 Å². The smallest absolute Gasteiger partial charge is 0.355 e. The Morgan fingerprint density at radius 1 is 1.56 bits per heavy atom. The maximum Gasteiger partial charge on any atom is 0.355 e. The first-order chi connectivity index (χ1) is 7.56. The Morgan fingerprint density at radius 2 is 2.25 bits per heavy atom. The highest BCUT2D eigenvalue weighted by Gasteiger charge is 2.11. The fraction of sp³-hybridized carbons (Fsp3) is 0.500. The summed E-state index contributed by atoms with van der Waals surface area (Å²) in [5.74, 6) is -0.333. The third-order valence-electron chi connectivity index (χ3n) is 1.74. The fourth-order valence-electron chi connectivity index (χ4n) is 0.993. The molecule has 5 nitrogen and oxygen atoms in total. The van der Waals surface area contributed by atoms with Gasteiger partial charge in [0.1, 0.15) is 5.69 Å². The number of aromatic nitrogens is 1. The van der Waals surface area contributed by atoms with Crippen molar-refractivity contribution in [3.05, 3.63) is 15.9 Å². The lowest BCUT2D eigenvalue weighted by Crippen LogP contribution is -2.17. The molecule has 0 radical (unpaired) electrons. The van der Waals surface area contributed by atoms with Crippen molar-refractivity contribution >= 4 is 23.0 Å². The van der Waals surface area contributed by atoms with Gasteiger partial charge in [-0.15, -0.1) is 16.4 Å². The molecule has 0 aliphatic carbocycles. The van der Waals surface area contributed by atoms with Gasteiger partial charge in [0.25, 0.3) is 0 Å². The van der Waals surface area contributed by atoms with Crippen molar-refractivity contribution in [2.45, 2.75) is 20.8 Å². The Morgan fingerprint density at radius 3 is 2.81 bits per heavy atom. The minimum atomic E-state index is -0.333. The number of nitrogens with zero attached hydrogens (tertiary/aromatic N) is 3. The van der Waals surface area contributed by atoms with Crippen molar-refractivity contribution in [1.82, 2.24) is 4.57 Å². The number of carbonyl (C=O) groups is 1. The van der Waals surface area contributed by atoms with E-state index in [0.29, 0.717) is 17.1 Å². The monoisotopic (exact) mass is 241 g/mol. The van der Waals surface area contributed by atoms with E-state index < -0.39 is 0 Å². The van der Waals surface area contributed by atoms with Gasteiger partial charge in [0, 0.05) is 18.1 Å². The molecule has 6 heteroatoms. The van der Waals surface area contributed by atoms with Crippen LogP contribution in [0.15, 0.2) is 15.6 Å². The minimum absolute atomic E-state index is 0.333. The molecule has 1 aromatic heterocycles. The SMILES string of the molecule is CCOC(=O)c1cs/c(=N/N=C(C)C)n1C. The van der Waals surface area contributed by atoms with Gasteiger partial charge >= 0.3 is 5.97 Å². The van der Waals surface area contributed by atoms with E-state index in [1.807, 2.05) is 13.8 Å². The molecule has 0 saturated carbocycles. The number of rotatable bonds is 3. The lowest BCUT2D eigenvalue weighted by Gasteiger charge is -2.01. The third kappa shape index (κ3) is 3.03. The number of carbonyl (C=O) groups excluding carboxylic acids is 1. The summed E-state index contributed by atoms with van der Waals surface area (Å²) in [5, 5.41) is 9.70. The van der Waals surface area contributed by atoms with Crippen molar-refractivity contribution in [3.8, 4) is 0 Å². The molecule has 0 aromatic carbocycles. The third-order valence-corrected chi connectivity index (χ3v) is 2.65. The van der Waals surface area contributed by atoms with Crippen LogP contribution < -0.4 is 4.80 Å². The van der Waals surface area contributed by atoms with Gasteiger partial charge in [0.2, 0.25) is 4.80 Å². The first-order valence-corrected chi connectivity index (χ1v) is 5.80. The summed E-state index contributed by atoms with van der Waals surface area (Å²) >= 11 is 1.36. The molecule has 88 valence electrons. The van der Waals surface area contributed by atoms with E-state index in [4.69, 9.17) is 4.74 Å². The van der Waals surface area contributed by atoms with E-state index in [-0.39, 0.29) is 5.97 Å². The maximum atomic E-state index is 11.5. The van der Waals surface area contributed by atoms with E-state index >= 15 is 0 Å². The molecule has 0 atom stereocenters. The highest BCUT2D eigenvalue weighted by Crippen LogP contribution is 2.02. The average molecular weight is 241 g/mol. The predicted molar refractivity (Wildman–Crippen MR) is 63.6 cm³/mol. The fourth-order valence-corrected chi connectivity index (χ4v) is 1.81. The Labute approximate surface area is 98.1 Å². The Kier molecular flexibility index (Phi) is 4.42. The van der Waals surface area contributed by atoms with Crippen molar-refractivity contribution in [2.24, 2.45) is 17.3 Å². The van der Waals surface area contributed by atoms with E-state index in [0.717, 1.165) is 5.71 Å².